The number of carbonyl (C=O) groups is 1. The van der Waals surface area contributed by atoms with Crippen LogP contribution in [0.25, 0.3) is 22.4 Å². The number of nitrogens with zero attached hydrogens (tertiary/aromatic N) is 7. The molecule has 226 valence electrons. The molecule has 0 unspecified atom stereocenters. The van der Waals surface area contributed by atoms with Gasteiger partial charge in [-0.15, -0.1) is 0 Å². The Labute approximate surface area is 260 Å². The number of pyridine rings is 1. The molecule has 3 heterocycles. The third-order valence-corrected chi connectivity index (χ3v) is 7.97. The Morgan fingerprint density at radius 1 is 0.978 bits per heavy atom. The predicted octanol–water partition coefficient (Wildman–Crippen LogP) is 6.09. The van der Waals surface area contributed by atoms with Crippen molar-refractivity contribution in [3.63, 3.8) is 0 Å². The number of anilines is 2. The number of nitriles is 1. The Balaban J connectivity index is 1.17. The van der Waals surface area contributed by atoms with Gasteiger partial charge in [0.1, 0.15) is 17.7 Å². The molecule has 1 aliphatic carbocycles. The van der Waals surface area contributed by atoms with Gasteiger partial charge in [0.25, 0.3) is 0 Å². The first-order valence-corrected chi connectivity index (χ1v) is 14.8. The van der Waals surface area contributed by atoms with E-state index in [0.29, 0.717) is 18.3 Å². The number of rotatable bonds is 8. The maximum absolute atomic E-state index is 14.5. The molecule has 5 aromatic rings. The Morgan fingerprint density at radius 2 is 1.76 bits per heavy atom. The molecule has 3 aromatic heterocycles. The molecule has 2 aromatic carbocycles. The Morgan fingerprint density at radius 3 is 2.44 bits per heavy atom. The lowest BCUT2D eigenvalue weighted by Crippen LogP contribution is -2.49. The van der Waals surface area contributed by atoms with Crippen molar-refractivity contribution in [2.24, 2.45) is 7.05 Å². The highest BCUT2D eigenvalue weighted by molar-refractivity contribution is 5.91. The first-order chi connectivity index (χ1) is 22.0. The number of amides is 2. The molecule has 0 radical (unpaired) electrons. The van der Waals surface area contributed by atoms with E-state index in [1.54, 1.807) is 40.2 Å². The lowest BCUT2D eigenvalue weighted by atomic mass is 9.90. The van der Waals surface area contributed by atoms with Gasteiger partial charge in [0.15, 0.2) is 0 Å². The number of halogens is 1. The van der Waals surface area contributed by atoms with Crippen LogP contribution in [-0.2, 0) is 13.6 Å². The number of urea groups is 1. The minimum Gasteiger partial charge on any atom is -0.351 e. The normalized spacial score (nSPS) is 16.0. The van der Waals surface area contributed by atoms with Crippen LogP contribution in [0.1, 0.15) is 36.8 Å². The van der Waals surface area contributed by atoms with E-state index in [0.717, 1.165) is 42.4 Å². The van der Waals surface area contributed by atoms with E-state index in [1.807, 2.05) is 55.7 Å². The van der Waals surface area contributed by atoms with Crippen molar-refractivity contribution in [1.29, 1.82) is 5.26 Å². The van der Waals surface area contributed by atoms with E-state index < -0.39 is 5.82 Å². The number of benzene rings is 2. The second kappa shape index (κ2) is 13.3. The molecular weight excluding hydrogens is 569 g/mol. The average molecular weight is 602 g/mol. The standard InChI is InChI=1S/C34H32FN9O/c1-43-22-26(21-40-43)24-11-16-31(37-19-24)44(34(45)39-18-23-7-3-2-4-8-23)28-14-12-27(13-15-28)41-33-38-20-25(17-36)32(42-33)29-9-5-6-10-30(29)35/h2-11,16,19-22,27-28H,12-15,18H2,1H3,(H,39,45)(H,38,41,42). The molecule has 11 heteroatoms. The number of carbonyl (C=O) groups excluding carboxylic acids is 1. The molecule has 2 amide bonds. The van der Waals surface area contributed by atoms with E-state index in [9.17, 15) is 14.4 Å². The van der Waals surface area contributed by atoms with Gasteiger partial charge in [-0.2, -0.15) is 10.4 Å². The quantitative estimate of drug-likeness (QED) is 0.221. The second-order valence-electron chi connectivity index (χ2n) is 11.0. The van der Waals surface area contributed by atoms with Gasteiger partial charge in [-0.3, -0.25) is 9.58 Å². The van der Waals surface area contributed by atoms with Gasteiger partial charge < -0.3 is 10.6 Å². The number of aryl methyl sites for hydroxylation is 1. The highest BCUT2D eigenvalue weighted by Gasteiger charge is 2.31. The molecule has 1 aliphatic rings. The SMILES string of the molecule is Cn1cc(-c2ccc(N(C(=O)NCc3ccccc3)C3CCC(Nc4ncc(C#N)c(-c5ccccc5F)n4)CC3)nc2)cn1. The molecule has 1 fully saturated rings. The van der Waals surface area contributed by atoms with Crippen LogP contribution in [0.4, 0.5) is 21.0 Å². The Hall–Kier alpha value is -5.63. The highest BCUT2D eigenvalue weighted by atomic mass is 19.1. The summed E-state index contributed by atoms with van der Waals surface area (Å²) < 4.78 is 16.3. The van der Waals surface area contributed by atoms with Crippen molar-refractivity contribution < 1.29 is 9.18 Å². The van der Waals surface area contributed by atoms with Gasteiger partial charge in [0, 0.05) is 54.8 Å². The van der Waals surface area contributed by atoms with Crippen molar-refractivity contribution in [2.45, 2.75) is 44.3 Å². The molecule has 1 saturated carbocycles. The molecule has 0 bridgehead atoms. The summed E-state index contributed by atoms with van der Waals surface area (Å²) in [5, 5.41) is 20.2. The van der Waals surface area contributed by atoms with Crippen LogP contribution < -0.4 is 15.5 Å². The molecule has 0 saturated heterocycles. The summed E-state index contributed by atoms with van der Waals surface area (Å²) in [5.41, 5.74) is 3.59. The van der Waals surface area contributed by atoms with Crippen molar-refractivity contribution in [2.75, 3.05) is 10.2 Å². The lowest BCUT2D eigenvalue weighted by Gasteiger charge is -2.36. The fourth-order valence-electron chi connectivity index (χ4n) is 5.64. The van der Waals surface area contributed by atoms with Crippen LogP contribution in [0.3, 0.4) is 0 Å². The second-order valence-corrected chi connectivity index (χ2v) is 11.0. The number of nitrogens with one attached hydrogen (secondary N) is 2. The summed E-state index contributed by atoms with van der Waals surface area (Å²) in [5.74, 6) is 0.460. The third kappa shape index (κ3) is 6.80. The largest absolute Gasteiger partial charge is 0.351 e. The first kappa shape index (κ1) is 29.4. The zero-order valence-corrected chi connectivity index (χ0v) is 24.8. The zero-order chi connectivity index (χ0) is 31.2. The van der Waals surface area contributed by atoms with E-state index in [-0.39, 0.29) is 34.9 Å². The smallest absolute Gasteiger partial charge is 0.323 e. The minimum atomic E-state index is -0.452. The van der Waals surface area contributed by atoms with Crippen LogP contribution >= 0.6 is 0 Å². The topological polar surface area (TPSA) is 125 Å². The monoisotopic (exact) mass is 601 g/mol. The van der Waals surface area contributed by atoms with Gasteiger partial charge in [0.2, 0.25) is 5.95 Å². The molecule has 0 atom stereocenters. The summed E-state index contributed by atoms with van der Waals surface area (Å²) in [7, 11) is 1.87. The number of aromatic nitrogens is 5. The van der Waals surface area contributed by atoms with Gasteiger partial charge >= 0.3 is 6.03 Å². The number of hydrogen-bond acceptors (Lipinski definition) is 7. The van der Waals surface area contributed by atoms with Crippen molar-refractivity contribution >= 4 is 17.8 Å². The van der Waals surface area contributed by atoms with Crippen LogP contribution in [-0.4, -0.2) is 42.8 Å². The maximum Gasteiger partial charge on any atom is 0.323 e. The summed E-state index contributed by atoms with van der Waals surface area (Å²) >= 11 is 0. The van der Waals surface area contributed by atoms with Crippen LogP contribution in [0, 0.1) is 17.1 Å². The van der Waals surface area contributed by atoms with E-state index in [1.165, 1.54) is 12.3 Å². The van der Waals surface area contributed by atoms with Crippen LogP contribution in [0.15, 0.2) is 91.5 Å². The molecule has 0 aliphatic heterocycles. The van der Waals surface area contributed by atoms with Crippen LogP contribution in [0.2, 0.25) is 0 Å². The summed E-state index contributed by atoms with van der Waals surface area (Å²) in [6.45, 7) is 0.404. The predicted molar refractivity (Wildman–Crippen MR) is 169 cm³/mol. The molecule has 10 nitrogen and oxygen atoms in total. The highest BCUT2D eigenvalue weighted by Crippen LogP contribution is 2.30. The third-order valence-electron chi connectivity index (χ3n) is 7.97. The lowest BCUT2D eigenvalue weighted by molar-refractivity contribution is 0.240. The summed E-state index contributed by atoms with van der Waals surface area (Å²) in [6, 6.07) is 21.7. The zero-order valence-electron chi connectivity index (χ0n) is 24.8. The minimum absolute atomic E-state index is 0.0396. The first-order valence-electron chi connectivity index (χ1n) is 14.8. The Bertz CT molecular complexity index is 1810. The van der Waals surface area contributed by atoms with Crippen molar-refractivity contribution in [1.82, 2.24) is 30.0 Å². The van der Waals surface area contributed by atoms with Gasteiger partial charge in [0.05, 0.1) is 23.7 Å². The fourth-order valence-corrected chi connectivity index (χ4v) is 5.64. The maximum atomic E-state index is 14.5. The van der Waals surface area contributed by atoms with Gasteiger partial charge in [-0.1, -0.05) is 42.5 Å². The summed E-state index contributed by atoms with van der Waals surface area (Å²) in [6.07, 6.45) is 9.84. The van der Waals surface area contributed by atoms with Crippen molar-refractivity contribution in [3.8, 4) is 28.5 Å². The number of hydrogen-bond donors (Lipinski definition) is 2. The van der Waals surface area contributed by atoms with Gasteiger partial charge in [-0.05, 0) is 55.5 Å². The molecular formula is C34H32FN9O. The van der Waals surface area contributed by atoms with Gasteiger partial charge in [-0.25, -0.2) is 24.1 Å². The molecule has 0 spiro atoms. The van der Waals surface area contributed by atoms with E-state index in [4.69, 9.17) is 4.98 Å². The van der Waals surface area contributed by atoms with E-state index >= 15 is 0 Å². The van der Waals surface area contributed by atoms with Crippen LogP contribution in [0.5, 0.6) is 0 Å². The Kier molecular flexibility index (Phi) is 8.73. The fraction of sp³-hybridized carbons (Fsp3) is 0.235. The van der Waals surface area contributed by atoms with E-state index in [2.05, 4.69) is 31.8 Å². The molecule has 45 heavy (non-hydrogen) atoms. The molecule has 2 N–H and O–H groups in total. The summed E-state index contributed by atoms with van der Waals surface area (Å²) in [4.78, 5) is 29.0. The van der Waals surface area contributed by atoms with Crippen molar-refractivity contribution in [3.05, 3.63) is 108 Å². The molecule has 6 rings (SSSR count). The average Bonchev–Trinajstić information content (AvgIpc) is 3.52.